The Balaban J connectivity index is 0.00000272. The first-order valence-electron chi connectivity index (χ1n) is 9.45. The molecule has 1 atom stereocenters. The summed E-state index contributed by atoms with van der Waals surface area (Å²) >= 11 is 0. The maximum absolute atomic E-state index is 11.8. The van der Waals surface area contributed by atoms with Crippen molar-refractivity contribution in [2.45, 2.75) is 19.0 Å². The summed E-state index contributed by atoms with van der Waals surface area (Å²) in [5, 5.41) is 22.8. The van der Waals surface area contributed by atoms with Crippen LogP contribution < -0.4 is 17.7 Å². The van der Waals surface area contributed by atoms with E-state index in [2.05, 4.69) is 10.3 Å². The lowest BCUT2D eigenvalue weighted by Gasteiger charge is -2.13. The molecule has 4 N–H and O–H groups in total. The summed E-state index contributed by atoms with van der Waals surface area (Å²) in [4.78, 5) is 26.1. The molecule has 4 aromatic rings. The molecule has 0 bridgehead atoms. The van der Waals surface area contributed by atoms with Crippen LogP contribution >= 0.6 is 0 Å². The maximum Gasteiger partial charge on any atom is 0.335 e. The maximum atomic E-state index is 11.8. The molecule has 0 radical (unpaired) electrons. The molecule has 0 saturated heterocycles. The second-order valence-electron chi connectivity index (χ2n) is 6.99. The number of furan rings is 1. The lowest BCUT2D eigenvalue weighted by atomic mass is 10.0. The number of halogens is 1. The van der Waals surface area contributed by atoms with Crippen molar-refractivity contribution in [3.8, 4) is 11.3 Å². The van der Waals surface area contributed by atoms with Gasteiger partial charge in [0.2, 0.25) is 0 Å². The van der Waals surface area contributed by atoms with E-state index in [1.807, 2.05) is 30.5 Å². The molecule has 0 saturated carbocycles. The van der Waals surface area contributed by atoms with Gasteiger partial charge in [0, 0.05) is 29.1 Å². The van der Waals surface area contributed by atoms with Crippen molar-refractivity contribution in [2.75, 3.05) is 0 Å². The smallest absolute Gasteiger partial charge is 0.335 e. The molecule has 8 heteroatoms. The molecule has 4 rings (SSSR count). The molecule has 2 aromatic carbocycles. The number of aromatic carboxylic acids is 1. The van der Waals surface area contributed by atoms with Crippen LogP contribution in [0.4, 0.5) is 0 Å². The average molecular weight is 440 g/mol. The number of fused-ring (bicyclic) bond motifs is 1. The fourth-order valence-electron chi connectivity index (χ4n) is 3.42. The zero-order chi connectivity index (χ0) is 21.1. The highest BCUT2D eigenvalue weighted by Gasteiger charge is 2.20. The lowest BCUT2D eigenvalue weighted by Crippen LogP contribution is -3.00. The molecular formula is C23H20ClN2O5-. The summed E-state index contributed by atoms with van der Waals surface area (Å²) in [6.07, 6.45) is 2.16. The van der Waals surface area contributed by atoms with Crippen LogP contribution in [0.5, 0.6) is 0 Å². The third-order valence-corrected chi connectivity index (χ3v) is 4.98. The van der Waals surface area contributed by atoms with E-state index in [9.17, 15) is 14.7 Å². The Bertz CT molecular complexity index is 1210. The standard InChI is InChI=1S/C23H20N2O5.ClH/c26-22(27)15-5-3-4-14(10-15)21-9-8-17(30-21)13-25-20(23(28)29)11-16-12-24-19-7-2-1-6-18(16)19;/h1-10,12,20,24-25H,11,13H2,(H,26,27)(H,28,29);1H/p-1. The van der Waals surface area contributed by atoms with Crippen molar-refractivity contribution in [1.29, 1.82) is 0 Å². The summed E-state index contributed by atoms with van der Waals surface area (Å²) in [5.74, 6) is -0.859. The summed E-state index contributed by atoms with van der Waals surface area (Å²) in [5.41, 5.74) is 2.72. The molecule has 160 valence electrons. The van der Waals surface area contributed by atoms with E-state index >= 15 is 0 Å². The number of carbonyl (C=O) groups is 2. The predicted molar refractivity (Wildman–Crippen MR) is 111 cm³/mol. The normalized spacial score (nSPS) is 11.7. The van der Waals surface area contributed by atoms with Crippen LogP contribution in [0.15, 0.2) is 71.3 Å². The zero-order valence-electron chi connectivity index (χ0n) is 16.3. The van der Waals surface area contributed by atoms with Crippen LogP contribution in [0.3, 0.4) is 0 Å². The van der Waals surface area contributed by atoms with Crippen molar-refractivity contribution in [3.63, 3.8) is 0 Å². The molecule has 0 aliphatic carbocycles. The van der Waals surface area contributed by atoms with Gasteiger partial charge in [0.1, 0.15) is 17.6 Å². The number of hydrogen-bond acceptors (Lipinski definition) is 4. The number of carboxylic acid groups (broad SMARTS) is 2. The quantitative estimate of drug-likeness (QED) is 0.324. The van der Waals surface area contributed by atoms with Crippen molar-refractivity contribution >= 4 is 22.8 Å². The Morgan fingerprint density at radius 2 is 1.84 bits per heavy atom. The van der Waals surface area contributed by atoms with Crippen molar-refractivity contribution < 1.29 is 36.6 Å². The number of nitrogens with one attached hydrogen (secondary N) is 2. The minimum atomic E-state index is -1.01. The largest absolute Gasteiger partial charge is 1.00 e. The Kier molecular flexibility index (Phi) is 6.79. The highest BCUT2D eigenvalue weighted by Crippen LogP contribution is 2.24. The van der Waals surface area contributed by atoms with Crippen LogP contribution in [0.1, 0.15) is 21.7 Å². The van der Waals surface area contributed by atoms with Gasteiger partial charge in [-0.25, -0.2) is 4.79 Å². The first kappa shape index (κ1) is 22.1. The van der Waals surface area contributed by atoms with E-state index in [-0.39, 0.29) is 24.5 Å². The van der Waals surface area contributed by atoms with E-state index in [0.717, 1.165) is 16.5 Å². The second kappa shape index (κ2) is 9.51. The Morgan fingerprint density at radius 1 is 1.03 bits per heavy atom. The van der Waals surface area contributed by atoms with Crippen molar-refractivity contribution in [1.82, 2.24) is 10.3 Å². The Morgan fingerprint density at radius 3 is 2.61 bits per heavy atom. The number of H-pyrrole nitrogens is 1. The van der Waals surface area contributed by atoms with Gasteiger partial charge in [-0.05, 0) is 35.9 Å². The molecule has 7 nitrogen and oxygen atoms in total. The van der Waals surface area contributed by atoms with Crippen LogP contribution in [0.2, 0.25) is 0 Å². The summed E-state index contributed by atoms with van der Waals surface area (Å²) in [6, 6.07) is 16.9. The number of rotatable bonds is 8. The third kappa shape index (κ3) is 4.96. The molecule has 2 aromatic heterocycles. The predicted octanol–water partition coefficient (Wildman–Crippen LogP) is 0.916. The fourth-order valence-corrected chi connectivity index (χ4v) is 3.42. The van der Waals surface area contributed by atoms with Gasteiger partial charge >= 0.3 is 11.9 Å². The van der Waals surface area contributed by atoms with Gasteiger partial charge in [-0.15, -0.1) is 0 Å². The van der Waals surface area contributed by atoms with E-state index < -0.39 is 18.0 Å². The second-order valence-corrected chi connectivity index (χ2v) is 6.99. The molecule has 0 aliphatic rings. The number of aliphatic carboxylic acids is 1. The third-order valence-electron chi connectivity index (χ3n) is 4.98. The number of para-hydroxylation sites is 1. The highest BCUT2D eigenvalue weighted by atomic mass is 35.5. The number of carboxylic acids is 2. The highest BCUT2D eigenvalue weighted by molar-refractivity contribution is 5.89. The lowest BCUT2D eigenvalue weighted by molar-refractivity contribution is -0.139. The minimum absolute atomic E-state index is 0. The first-order chi connectivity index (χ1) is 14.5. The molecule has 2 heterocycles. The van der Waals surface area contributed by atoms with E-state index in [1.54, 1.807) is 24.3 Å². The van der Waals surface area contributed by atoms with E-state index in [4.69, 9.17) is 9.52 Å². The number of aromatic amines is 1. The van der Waals surface area contributed by atoms with Gasteiger partial charge in [0.05, 0.1) is 12.1 Å². The molecule has 0 aliphatic heterocycles. The van der Waals surface area contributed by atoms with Crippen molar-refractivity contribution in [2.24, 2.45) is 0 Å². The summed E-state index contributed by atoms with van der Waals surface area (Å²) < 4.78 is 5.79. The SMILES string of the molecule is O=C(O)c1cccc(-c2ccc(CNC(Cc3c[nH]c4ccccc34)C(=O)O)o2)c1.[Cl-]. The summed E-state index contributed by atoms with van der Waals surface area (Å²) in [7, 11) is 0. The van der Waals surface area contributed by atoms with Crippen molar-refractivity contribution in [3.05, 3.63) is 83.7 Å². The van der Waals surface area contributed by atoms with E-state index in [0.29, 0.717) is 23.5 Å². The van der Waals surface area contributed by atoms with Crippen LogP contribution in [-0.2, 0) is 17.8 Å². The van der Waals surface area contributed by atoms with Gasteiger partial charge in [0.25, 0.3) is 0 Å². The van der Waals surface area contributed by atoms with Gasteiger partial charge < -0.3 is 32.0 Å². The van der Waals surface area contributed by atoms with Crippen LogP contribution in [0, 0.1) is 0 Å². The molecule has 31 heavy (non-hydrogen) atoms. The van der Waals surface area contributed by atoms with E-state index in [1.165, 1.54) is 12.1 Å². The topological polar surface area (TPSA) is 116 Å². The molecule has 0 amide bonds. The Hall–Kier alpha value is -3.55. The monoisotopic (exact) mass is 439 g/mol. The fraction of sp³-hybridized carbons (Fsp3) is 0.130. The molecule has 1 unspecified atom stereocenters. The first-order valence-corrected chi connectivity index (χ1v) is 9.45. The average Bonchev–Trinajstić information content (AvgIpc) is 3.38. The molecular weight excluding hydrogens is 420 g/mol. The summed E-state index contributed by atoms with van der Waals surface area (Å²) in [6.45, 7) is 0.234. The minimum Gasteiger partial charge on any atom is -1.00 e. The number of hydrogen-bond donors (Lipinski definition) is 4. The van der Waals surface area contributed by atoms with Gasteiger partial charge in [-0.3, -0.25) is 10.1 Å². The zero-order valence-corrected chi connectivity index (χ0v) is 17.1. The Labute approximate surface area is 184 Å². The number of benzene rings is 2. The van der Waals surface area contributed by atoms with Crippen LogP contribution in [-0.4, -0.2) is 33.2 Å². The molecule has 0 fully saturated rings. The van der Waals surface area contributed by atoms with Gasteiger partial charge in [0.15, 0.2) is 0 Å². The van der Waals surface area contributed by atoms with Crippen LogP contribution in [0.25, 0.3) is 22.2 Å². The van der Waals surface area contributed by atoms with Gasteiger partial charge in [-0.1, -0.05) is 30.3 Å². The number of aromatic nitrogens is 1. The molecule has 0 spiro atoms. The van der Waals surface area contributed by atoms with Gasteiger partial charge in [-0.2, -0.15) is 0 Å².